The second-order valence-corrected chi connectivity index (χ2v) is 4.62. The fraction of sp³-hybridized carbons (Fsp3) is 0.636. The second-order valence-electron chi connectivity index (χ2n) is 4.62. The average molecular weight is 225 g/mol. The van der Waals surface area contributed by atoms with E-state index in [-0.39, 0.29) is 30.5 Å². The van der Waals surface area contributed by atoms with Crippen molar-refractivity contribution < 1.29 is 20.1 Å². The number of fused-ring (bicyclic) bond motifs is 5. The molecular formula is C11H15NO4. The summed E-state index contributed by atoms with van der Waals surface area (Å²) in [5.74, 6) is 0.0844. The van der Waals surface area contributed by atoms with Gasteiger partial charge in [-0.05, 0) is 19.8 Å². The van der Waals surface area contributed by atoms with Gasteiger partial charge >= 0.3 is 0 Å². The van der Waals surface area contributed by atoms with Gasteiger partial charge in [0.25, 0.3) is 0 Å². The van der Waals surface area contributed by atoms with E-state index in [9.17, 15) is 15.3 Å². The number of nitrogens with zero attached hydrogens (tertiary/aromatic N) is 1. The van der Waals surface area contributed by atoms with Crippen LogP contribution < -0.4 is 0 Å². The van der Waals surface area contributed by atoms with Crippen molar-refractivity contribution in [3.05, 3.63) is 11.1 Å². The second kappa shape index (κ2) is 3.15. The number of hydrogen-bond donors (Lipinski definition) is 3. The number of aliphatic hydroxyl groups is 1. The molecule has 88 valence electrons. The topological polar surface area (TPSA) is 74.9 Å². The van der Waals surface area contributed by atoms with Gasteiger partial charge in [0.1, 0.15) is 0 Å². The highest BCUT2D eigenvalue weighted by atomic mass is 16.5. The molecule has 0 spiro atoms. The van der Waals surface area contributed by atoms with Gasteiger partial charge in [0.15, 0.2) is 11.8 Å². The molecule has 3 unspecified atom stereocenters. The molecule has 0 radical (unpaired) electrons. The first kappa shape index (κ1) is 9.99. The number of ether oxygens (including phenoxy) is 1. The lowest BCUT2D eigenvalue weighted by Gasteiger charge is -2.11. The van der Waals surface area contributed by atoms with Crippen molar-refractivity contribution in [3.8, 4) is 11.8 Å². The lowest BCUT2D eigenvalue weighted by atomic mass is 9.95. The van der Waals surface area contributed by atoms with E-state index in [1.165, 1.54) is 4.57 Å². The average Bonchev–Trinajstić information content (AvgIpc) is 2.87. The van der Waals surface area contributed by atoms with Crippen LogP contribution in [-0.2, 0) is 11.3 Å². The fourth-order valence-electron chi connectivity index (χ4n) is 2.77. The Morgan fingerprint density at radius 3 is 2.19 bits per heavy atom. The lowest BCUT2D eigenvalue weighted by molar-refractivity contribution is 0.0669. The van der Waals surface area contributed by atoms with Gasteiger partial charge < -0.3 is 20.1 Å². The predicted octanol–water partition coefficient (Wildman–Crippen LogP) is 1.19. The normalized spacial score (nSPS) is 28.4. The molecular weight excluding hydrogens is 210 g/mol. The number of aromatic hydroxyl groups is 2. The van der Waals surface area contributed by atoms with E-state index in [0.717, 1.165) is 24.0 Å². The van der Waals surface area contributed by atoms with Gasteiger partial charge in [0, 0.05) is 0 Å². The van der Waals surface area contributed by atoms with Gasteiger partial charge in [0.05, 0.1) is 36.0 Å². The summed E-state index contributed by atoms with van der Waals surface area (Å²) in [6.45, 7) is 1.82. The summed E-state index contributed by atoms with van der Waals surface area (Å²) in [6.07, 6.45) is 1.01. The summed E-state index contributed by atoms with van der Waals surface area (Å²) in [4.78, 5) is 0. The molecule has 0 saturated carbocycles. The third-order valence-corrected chi connectivity index (χ3v) is 3.39. The van der Waals surface area contributed by atoms with Crippen LogP contribution in [-0.4, -0.2) is 26.0 Å². The quantitative estimate of drug-likeness (QED) is 0.706. The highest BCUT2D eigenvalue weighted by Gasteiger charge is 2.45. The van der Waals surface area contributed by atoms with Crippen molar-refractivity contribution in [1.82, 2.24) is 4.57 Å². The van der Waals surface area contributed by atoms with Crippen molar-refractivity contribution in [2.75, 3.05) is 0 Å². The standard InChI is InChI=1S/C11H15NO4/c1-5(13)4-12-10(14)8-6-2-3-7(16-6)9(8)11(12)15/h5-7,13-15H,2-4H2,1H3. The van der Waals surface area contributed by atoms with Gasteiger partial charge in [-0.3, -0.25) is 4.57 Å². The number of aromatic nitrogens is 1. The third-order valence-electron chi connectivity index (χ3n) is 3.39. The monoisotopic (exact) mass is 225 g/mol. The van der Waals surface area contributed by atoms with Crippen LogP contribution >= 0.6 is 0 Å². The van der Waals surface area contributed by atoms with Gasteiger partial charge in [-0.1, -0.05) is 0 Å². The third kappa shape index (κ3) is 1.13. The maximum absolute atomic E-state index is 10.0. The minimum Gasteiger partial charge on any atom is -0.494 e. The molecule has 5 heteroatoms. The van der Waals surface area contributed by atoms with Gasteiger partial charge in [-0.15, -0.1) is 0 Å². The van der Waals surface area contributed by atoms with E-state index in [2.05, 4.69) is 0 Å². The molecule has 16 heavy (non-hydrogen) atoms. The van der Waals surface area contributed by atoms with Crippen molar-refractivity contribution in [2.24, 2.45) is 0 Å². The molecule has 5 nitrogen and oxygen atoms in total. The largest absolute Gasteiger partial charge is 0.494 e. The Balaban J connectivity index is 2.10. The zero-order valence-electron chi connectivity index (χ0n) is 9.05. The highest BCUT2D eigenvalue weighted by Crippen LogP contribution is 2.57. The van der Waals surface area contributed by atoms with Crippen molar-refractivity contribution >= 4 is 0 Å². The summed E-state index contributed by atoms with van der Waals surface area (Å²) in [5, 5.41) is 29.3. The molecule has 1 aromatic rings. The number of aliphatic hydroxyl groups excluding tert-OH is 1. The van der Waals surface area contributed by atoms with Crippen LogP contribution in [0.1, 0.15) is 43.1 Å². The number of hydrogen-bond acceptors (Lipinski definition) is 4. The minimum absolute atomic E-state index is 0.0422. The smallest absolute Gasteiger partial charge is 0.200 e. The molecule has 2 bridgehead atoms. The zero-order valence-corrected chi connectivity index (χ0v) is 9.05. The van der Waals surface area contributed by atoms with E-state index in [1.54, 1.807) is 6.92 Å². The van der Waals surface area contributed by atoms with Gasteiger partial charge in [-0.2, -0.15) is 0 Å². The first-order valence-corrected chi connectivity index (χ1v) is 5.57. The Labute approximate surface area is 92.9 Å². The van der Waals surface area contributed by atoms with Crippen molar-refractivity contribution in [3.63, 3.8) is 0 Å². The Morgan fingerprint density at radius 1 is 1.25 bits per heavy atom. The molecule has 3 heterocycles. The van der Waals surface area contributed by atoms with Crippen LogP contribution in [0.3, 0.4) is 0 Å². The van der Waals surface area contributed by atoms with Crippen molar-refractivity contribution in [2.45, 2.75) is 44.6 Å². The summed E-state index contributed by atoms with van der Waals surface area (Å²) >= 11 is 0. The zero-order chi connectivity index (χ0) is 11.4. The molecule has 1 aromatic heterocycles. The van der Waals surface area contributed by atoms with Gasteiger partial charge in [0.2, 0.25) is 0 Å². The van der Waals surface area contributed by atoms with Crippen molar-refractivity contribution in [1.29, 1.82) is 0 Å². The lowest BCUT2D eigenvalue weighted by Crippen LogP contribution is -2.11. The van der Waals surface area contributed by atoms with Crippen LogP contribution in [0.4, 0.5) is 0 Å². The van der Waals surface area contributed by atoms with E-state index in [4.69, 9.17) is 4.74 Å². The maximum Gasteiger partial charge on any atom is 0.200 e. The van der Waals surface area contributed by atoms with Crippen LogP contribution in [0.5, 0.6) is 11.8 Å². The van der Waals surface area contributed by atoms with Gasteiger partial charge in [-0.25, -0.2) is 0 Å². The summed E-state index contributed by atoms with van der Waals surface area (Å²) < 4.78 is 6.97. The molecule has 3 atom stereocenters. The first-order valence-electron chi connectivity index (χ1n) is 5.57. The Hall–Kier alpha value is -1.20. The minimum atomic E-state index is -0.608. The van der Waals surface area contributed by atoms with Crippen LogP contribution in [0.2, 0.25) is 0 Å². The molecule has 1 fully saturated rings. The summed E-state index contributed by atoms with van der Waals surface area (Å²) in [5.41, 5.74) is 1.43. The predicted molar refractivity (Wildman–Crippen MR) is 55.2 cm³/mol. The molecule has 0 amide bonds. The molecule has 3 N–H and O–H groups in total. The Bertz CT molecular complexity index is 404. The first-order chi connectivity index (χ1) is 7.59. The fourth-order valence-corrected chi connectivity index (χ4v) is 2.77. The van der Waals surface area contributed by atoms with E-state index in [0.29, 0.717) is 0 Å². The summed E-state index contributed by atoms with van der Waals surface area (Å²) in [6, 6.07) is 0. The van der Waals surface area contributed by atoms with E-state index < -0.39 is 6.10 Å². The van der Waals surface area contributed by atoms with Crippen LogP contribution in [0.15, 0.2) is 0 Å². The molecule has 0 aliphatic carbocycles. The molecule has 1 saturated heterocycles. The molecule has 3 rings (SSSR count). The molecule has 2 aliphatic heterocycles. The Morgan fingerprint density at radius 2 is 1.75 bits per heavy atom. The summed E-state index contributed by atoms with van der Waals surface area (Å²) in [7, 11) is 0. The maximum atomic E-state index is 10.0. The molecule has 0 aromatic carbocycles. The van der Waals surface area contributed by atoms with Crippen LogP contribution in [0, 0.1) is 0 Å². The van der Waals surface area contributed by atoms with Crippen LogP contribution in [0.25, 0.3) is 0 Å². The number of rotatable bonds is 2. The highest BCUT2D eigenvalue weighted by molar-refractivity contribution is 5.51. The van der Waals surface area contributed by atoms with E-state index >= 15 is 0 Å². The van der Waals surface area contributed by atoms with E-state index in [1.807, 2.05) is 0 Å². The SMILES string of the molecule is CC(O)Cn1c(O)c2c(c1O)C1CCC2O1. The Kier molecular flexibility index (Phi) is 1.96. The molecule has 2 aliphatic rings.